The fourth-order valence-electron chi connectivity index (χ4n) is 2.54. The number of hydrogen-bond acceptors (Lipinski definition) is 4. The molecule has 2 aromatic rings. The van der Waals surface area contributed by atoms with E-state index in [0.29, 0.717) is 11.5 Å². The molecule has 6 nitrogen and oxygen atoms in total. The summed E-state index contributed by atoms with van der Waals surface area (Å²) in [6.07, 6.45) is 0. The summed E-state index contributed by atoms with van der Waals surface area (Å²) in [5.41, 5.74) is 1.16. The maximum absolute atomic E-state index is 12.7. The highest BCUT2D eigenvalue weighted by atomic mass is 32.2. The molecule has 2 heterocycles. The monoisotopic (exact) mass is 358 g/mol. The lowest BCUT2D eigenvalue weighted by molar-refractivity contribution is -0.118. The molecule has 0 saturated carbocycles. The Balaban J connectivity index is 1.93. The largest absolute Gasteiger partial charge is 0.336 e. The molecule has 0 spiro atoms. The van der Waals surface area contributed by atoms with Gasteiger partial charge < -0.3 is 10.2 Å². The van der Waals surface area contributed by atoms with E-state index in [0.717, 1.165) is 30.3 Å². The summed E-state index contributed by atoms with van der Waals surface area (Å²) in [5.74, 6) is 2.06. The van der Waals surface area contributed by atoms with Crippen molar-refractivity contribution in [1.29, 1.82) is 0 Å². The van der Waals surface area contributed by atoms with Crippen LogP contribution in [0.5, 0.6) is 0 Å². The zero-order chi connectivity index (χ0) is 17.8. The van der Waals surface area contributed by atoms with Crippen molar-refractivity contribution in [2.24, 2.45) is 5.92 Å². The number of aromatic nitrogens is 2. The highest BCUT2D eigenvalue weighted by molar-refractivity contribution is 7.99. The lowest BCUT2D eigenvalue weighted by Gasteiger charge is -2.25. The van der Waals surface area contributed by atoms with Crippen molar-refractivity contribution < 1.29 is 9.59 Å². The van der Waals surface area contributed by atoms with Gasteiger partial charge in [-0.1, -0.05) is 32.0 Å². The van der Waals surface area contributed by atoms with Crippen molar-refractivity contribution in [2.45, 2.75) is 13.8 Å². The number of para-hydroxylation sites is 1. The molecule has 3 rings (SSSR count). The molecule has 132 valence electrons. The lowest BCUT2D eigenvalue weighted by atomic mass is 10.2. The van der Waals surface area contributed by atoms with Gasteiger partial charge in [0.1, 0.15) is 5.82 Å². The predicted octanol–water partition coefficient (Wildman–Crippen LogP) is 2.66. The van der Waals surface area contributed by atoms with E-state index < -0.39 is 0 Å². The minimum absolute atomic E-state index is 0.0879. The van der Waals surface area contributed by atoms with Crippen molar-refractivity contribution in [1.82, 2.24) is 14.7 Å². The fourth-order valence-corrected chi connectivity index (χ4v) is 3.44. The summed E-state index contributed by atoms with van der Waals surface area (Å²) in [6.45, 7) is 5.12. The van der Waals surface area contributed by atoms with Crippen LogP contribution in [0.4, 0.5) is 5.82 Å². The van der Waals surface area contributed by atoms with Gasteiger partial charge in [-0.3, -0.25) is 9.59 Å². The summed E-state index contributed by atoms with van der Waals surface area (Å²) in [4.78, 5) is 26.7. The van der Waals surface area contributed by atoms with Crippen LogP contribution in [0.3, 0.4) is 0 Å². The second-order valence-electron chi connectivity index (χ2n) is 6.21. The van der Waals surface area contributed by atoms with Gasteiger partial charge in [-0.05, 0) is 12.1 Å². The predicted molar refractivity (Wildman–Crippen MR) is 100 cm³/mol. The Labute approximate surface area is 151 Å². The van der Waals surface area contributed by atoms with Crippen LogP contribution in [0.25, 0.3) is 5.69 Å². The summed E-state index contributed by atoms with van der Waals surface area (Å²) < 4.78 is 1.62. The van der Waals surface area contributed by atoms with Crippen molar-refractivity contribution in [3.63, 3.8) is 0 Å². The molecular formula is C18H22N4O2S. The molecule has 1 N–H and O–H groups in total. The zero-order valence-electron chi connectivity index (χ0n) is 14.4. The normalized spacial score (nSPS) is 14.6. The average Bonchev–Trinajstić information content (AvgIpc) is 3.06. The van der Waals surface area contributed by atoms with Gasteiger partial charge in [0.2, 0.25) is 5.91 Å². The Kier molecular flexibility index (Phi) is 5.43. The molecule has 0 aliphatic carbocycles. The Morgan fingerprint density at radius 2 is 1.84 bits per heavy atom. The van der Waals surface area contributed by atoms with E-state index in [9.17, 15) is 9.59 Å². The number of carbonyl (C=O) groups excluding carboxylic acids is 2. The quantitative estimate of drug-likeness (QED) is 0.912. The van der Waals surface area contributed by atoms with Gasteiger partial charge in [0, 0.05) is 36.6 Å². The van der Waals surface area contributed by atoms with Gasteiger partial charge in [0.05, 0.1) is 5.69 Å². The van der Waals surface area contributed by atoms with E-state index in [2.05, 4.69) is 10.4 Å². The molecule has 1 aliphatic heterocycles. The first kappa shape index (κ1) is 17.5. The number of hydrogen-bond donors (Lipinski definition) is 1. The number of nitrogens with one attached hydrogen (secondary N) is 1. The minimum atomic E-state index is -0.155. The van der Waals surface area contributed by atoms with E-state index in [1.165, 1.54) is 0 Å². The molecule has 0 atom stereocenters. The van der Waals surface area contributed by atoms with Crippen LogP contribution in [0.2, 0.25) is 0 Å². The van der Waals surface area contributed by atoms with Crippen LogP contribution in [-0.4, -0.2) is 51.1 Å². The van der Waals surface area contributed by atoms with E-state index in [4.69, 9.17) is 0 Å². The first-order valence-electron chi connectivity index (χ1n) is 8.39. The number of benzene rings is 1. The zero-order valence-corrected chi connectivity index (χ0v) is 15.3. The Hall–Kier alpha value is -2.28. The molecule has 2 amide bonds. The van der Waals surface area contributed by atoms with E-state index in [-0.39, 0.29) is 17.7 Å². The van der Waals surface area contributed by atoms with Crippen LogP contribution in [0.1, 0.15) is 24.3 Å². The summed E-state index contributed by atoms with van der Waals surface area (Å²) >= 11 is 1.85. The molecule has 1 saturated heterocycles. The Morgan fingerprint density at radius 1 is 1.16 bits per heavy atom. The number of anilines is 1. The number of carbonyl (C=O) groups is 2. The topological polar surface area (TPSA) is 67.2 Å². The summed E-state index contributed by atoms with van der Waals surface area (Å²) in [7, 11) is 0. The first-order chi connectivity index (χ1) is 12.1. The van der Waals surface area contributed by atoms with Gasteiger partial charge in [0.25, 0.3) is 5.91 Å². The molecule has 0 radical (unpaired) electrons. The number of nitrogens with zero attached hydrogens (tertiary/aromatic N) is 3. The third kappa shape index (κ3) is 4.04. The summed E-state index contributed by atoms with van der Waals surface area (Å²) in [6, 6.07) is 11.2. The maximum atomic E-state index is 12.7. The second-order valence-corrected chi connectivity index (χ2v) is 7.44. The van der Waals surface area contributed by atoms with Crippen LogP contribution in [-0.2, 0) is 4.79 Å². The van der Waals surface area contributed by atoms with Crippen molar-refractivity contribution in [2.75, 3.05) is 29.9 Å². The highest BCUT2D eigenvalue weighted by Gasteiger charge is 2.23. The molecule has 25 heavy (non-hydrogen) atoms. The Morgan fingerprint density at radius 3 is 2.48 bits per heavy atom. The van der Waals surface area contributed by atoms with E-state index >= 15 is 0 Å². The van der Waals surface area contributed by atoms with Gasteiger partial charge in [-0.25, -0.2) is 4.68 Å². The minimum Gasteiger partial charge on any atom is -0.336 e. The van der Waals surface area contributed by atoms with E-state index in [1.54, 1.807) is 10.7 Å². The van der Waals surface area contributed by atoms with Crippen molar-refractivity contribution in [3.8, 4) is 5.69 Å². The smallest absolute Gasteiger partial charge is 0.274 e. The lowest BCUT2D eigenvalue weighted by Crippen LogP contribution is -2.38. The SMILES string of the molecule is CC(C)C(=O)Nc1cc(C(=O)N2CCSCC2)nn1-c1ccccc1. The van der Waals surface area contributed by atoms with Crippen molar-refractivity contribution in [3.05, 3.63) is 42.1 Å². The average molecular weight is 358 g/mol. The molecular weight excluding hydrogens is 336 g/mol. The van der Waals surface area contributed by atoms with Crippen LogP contribution in [0.15, 0.2) is 36.4 Å². The van der Waals surface area contributed by atoms with Crippen LogP contribution in [0, 0.1) is 5.92 Å². The van der Waals surface area contributed by atoms with Gasteiger partial charge >= 0.3 is 0 Å². The Bertz CT molecular complexity index is 752. The fraction of sp³-hybridized carbons (Fsp3) is 0.389. The molecule has 1 aliphatic rings. The standard InChI is InChI=1S/C18H22N4O2S/c1-13(2)17(23)19-16-12-15(18(24)21-8-10-25-11-9-21)20-22(16)14-6-4-3-5-7-14/h3-7,12-13H,8-11H2,1-2H3,(H,19,23). The number of rotatable bonds is 4. The maximum Gasteiger partial charge on any atom is 0.274 e. The molecule has 7 heteroatoms. The first-order valence-corrected chi connectivity index (χ1v) is 9.55. The van der Waals surface area contributed by atoms with Crippen molar-refractivity contribution >= 4 is 29.4 Å². The molecule has 1 aromatic carbocycles. The number of thioether (sulfide) groups is 1. The molecule has 1 aromatic heterocycles. The van der Waals surface area contributed by atoms with Crippen LogP contribution >= 0.6 is 11.8 Å². The summed E-state index contributed by atoms with van der Waals surface area (Å²) in [5, 5.41) is 7.35. The second kappa shape index (κ2) is 7.74. The van der Waals surface area contributed by atoms with Gasteiger partial charge in [-0.2, -0.15) is 16.9 Å². The number of amides is 2. The third-order valence-corrected chi connectivity index (χ3v) is 4.95. The molecule has 0 bridgehead atoms. The molecule has 1 fully saturated rings. The third-order valence-electron chi connectivity index (χ3n) is 4.00. The van der Waals surface area contributed by atoms with Gasteiger partial charge in [-0.15, -0.1) is 0 Å². The van der Waals surface area contributed by atoms with Crippen LogP contribution < -0.4 is 5.32 Å². The highest BCUT2D eigenvalue weighted by Crippen LogP contribution is 2.20. The van der Waals surface area contributed by atoms with Gasteiger partial charge in [0.15, 0.2) is 5.69 Å². The molecule has 0 unspecified atom stereocenters. The van der Waals surface area contributed by atoms with E-state index in [1.807, 2.05) is 60.8 Å².